The number of nitrogens with zero attached hydrogens (tertiary/aromatic N) is 1. The fraction of sp³-hybridized carbons (Fsp3) is 0.727. The molecule has 0 aliphatic heterocycles. The first kappa shape index (κ1) is 12.9. The standard InChI is InChI=1S/C11H18ClNOS/c1-11(2,3)14-6-4-5-10-13-9(7-12)8-15-10/h8H,4-7H2,1-3H3. The zero-order chi connectivity index (χ0) is 11.3. The van der Waals surface area contributed by atoms with Crippen LogP contribution in [0, 0.1) is 0 Å². The Labute approximate surface area is 101 Å². The Hall–Kier alpha value is -0.120. The molecule has 0 aromatic carbocycles. The van der Waals surface area contributed by atoms with E-state index >= 15 is 0 Å². The highest BCUT2D eigenvalue weighted by atomic mass is 35.5. The second-order valence-corrected chi connectivity index (χ2v) is 5.64. The van der Waals surface area contributed by atoms with Gasteiger partial charge in [-0.1, -0.05) is 0 Å². The smallest absolute Gasteiger partial charge is 0.0929 e. The monoisotopic (exact) mass is 247 g/mol. The molecule has 1 rings (SSSR count). The Morgan fingerprint density at radius 2 is 2.20 bits per heavy atom. The van der Waals surface area contributed by atoms with Crippen LogP contribution in [-0.2, 0) is 17.0 Å². The maximum atomic E-state index is 5.68. The second-order valence-electron chi connectivity index (χ2n) is 4.43. The molecule has 1 aromatic heterocycles. The van der Waals surface area contributed by atoms with Gasteiger partial charge in [0, 0.05) is 18.4 Å². The maximum absolute atomic E-state index is 5.68. The SMILES string of the molecule is CC(C)(C)OCCCc1nc(CCl)cs1. The van der Waals surface area contributed by atoms with Gasteiger partial charge in [0.1, 0.15) is 0 Å². The van der Waals surface area contributed by atoms with Crippen LogP contribution in [0.4, 0.5) is 0 Å². The van der Waals surface area contributed by atoms with Crippen molar-refractivity contribution >= 4 is 22.9 Å². The van der Waals surface area contributed by atoms with Crippen LogP contribution in [0.1, 0.15) is 37.9 Å². The third-order valence-corrected chi connectivity index (χ3v) is 3.04. The molecule has 0 saturated heterocycles. The number of halogens is 1. The first-order valence-corrected chi connectivity index (χ1v) is 6.56. The molecule has 2 nitrogen and oxygen atoms in total. The summed E-state index contributed by atoms with van der Waals surface area (Å²) >= 11 is 7.36. The van der Waals surface area contributed by atoms with Crippen LogP contribution in [0.3, 0.4) is 0 Å². The van der Waals surface area contributed by atoms with Gasteiger partial charge in [0.2, 0.25) is 0 Å². The summed E-state index contributed by atoms with van der Waals surface area (Å²) in [6, 6.07) is 0. The minimum Gasteiger partial charge on any atom is -0.376 e. The van der Waals surface area contributed by atoms with E-state index in [9.17, 15) is 0 Å². The molecular weight excluding hydrogens is 230 g/mol. The highest BCUT2D eigenvalue weighted by molar-refractivity contribution is 7.09. The van der Waals surface area contributed by atoms with Crippen molar-refractivity contribution in [2.24, 2.45) is 0 Å². The largest absolute Gasteiger partial charge is 0.376 e. The van der Waals surface area contributed by atoms with Gasteiger partial charge in [-0.3, -0.25) is 0 Å². The van der Waals surface area contributed by atoms with E-state index in [4.69, 9.17) is 16.3 Å². The highest BCUT2D eigenvalue weighted by Crippen LogP contribution is 2.14. The Kier molecular flexibility index (Phi) is 5.03. The zero-order valence-electron chi connectivity index (χ0n) is 9.55. The van der Waals surface area contributed by atoms with Crippen molar-refractivity contribution in [1.82, 2.24) is 4.98 Å². The molecule has 0 aliphatic carbocycles. The average Bonchev–Trinajstić information content (AvgIpc) is 2.59. The molecule has 0 bridgehead atoms. The quantitative estimate of drug-likeness (QED) is 0.586. The molecule has 0 spiro atoms. The van der Waals surface area contributed by atoms with Crippen molar-refractivity contribution in [2.45, 2.75) is 45.1 Å². The van der Waals surface area contributed by atoms with Gasteiger partial charge in [-0.15, -0.1) is 22.9 Å². The van der Waals surface area contributed by atoms with Crippen LogP contribution >= 0.6 is 22.9 Å². The first-order valence-electron chi connectivity index (χ1n) is 5.14. The summed E-state index contributed by atoms with van der Waals surface area (Å²) in [5.41, 5.74) is 0.942. The lowest BCUT2D eigenvalue weighted by Gasteiger charge is -2.19. The Morgan fingerprint density at radius 3 is 2.73 bits per heavy atom. The Balaban J connectivity index is 2.20. The molecule has 0 fully saturated rings. The fourth-order valence-corrected chi connectivity index (χ4v) is 2.20. The first-order chi connectivity index (χ1) is 7.01. The van der Waals surface area contributed by atoms with Crippen molar-refractivity contribution in [2.75, 3.05) is 6.61 Å². The third kappa shape index (κ3) is 5.50. The lowest BCUT2D eigenvalue weighted by molar-refractivity contribution is -0.00385. The van der Waals surface area contributed by atoms with Crippen LogP contribution < -0.4 is 0 Å². The van der Waals surface area contributed by atoms with E-state index in [2.05, 4.69) is 25.8 Å². The second kappa shape index (κ2) is 5.83. The number of ether oxygens (including phenoxy) is 1. The lowest BCUT2D eigenvalue weighted by atomic mass is 10.2. The van der Waals surface area contributed by atoms with E-state index in [1.165, 1.54) is 0 Å². The van der Waals surface area contributed by atoms with E-state index in [1.807, 2.05) is 5.38 Å². The van der Waals surface area contributed by atoms with Gasteiger partial charge in [-0.05, 0) is 27.2 Å². The van der Waals surface area contributed by atoms with Gasteiger partial charge in [0.15, 0.2) is 0 Å². The molecule has 1 heterocycles. The number of alkyl halides is 1. The van der Waals surface area contributed by atoms with Gasteiger partial charge < -0.3 is 4.74 Å². The number of thiazole rings is 1. The normalized spacial score (nSPS) is 12.0. The predicted molar refractivity (Wildman–Crippen MR) is 65.7 cm³/mol. The van der Waals surface area contributed by atoms with Gasteiger partial charge in [0.25, 0.3) is 0 Å². The number of hydrogen-bond donors (Lipinski definition) is 0. The van der Waals surface area contributed by atoms with Crippen molar-refractivity contribution < 1.29 is 4.74 Å². The van der Waals surface area contributed by atoms with E-state index in [1.54, 1.807) is 11.3 Å². The summed E-state index contributed by atoms with van der Waals surface area (Å²) in [6.07, 6.45) is 2.00. The minimum absolute atomic E-state index is 0.0375. The number of rotatable bonds is 5. The van der Waals surface area contributed by atoms with Crippen molar-refractivity contribution in [1.29, 1.82) is 0 Å². The summed E-state index contributed by atoms with van der Waals surface area (Å²) in [7, 11) is 0. The van der Waals surface area contributed by atoms with Gasteiger partial charge in [-0.2, -0.15) is 0 Å². The maximum Gasteiger partial charge on any atom is 0.0929 e. The topological polar surface area (TPSA) is 22.1 Å². The summed E-state index contributed by atoms with van der Waals surface area (Å²) in [5, 5.41) is 3.18. The fourth-order valence-electron chi connectivity index (χ4n) is 1.13. The van der Waals surface area contributed by atoms with Crippen molar-refractivity contribution in [3.63, 3.8) is 0 Å². The summed E-state index contributed by atoms with van der Waals surface area (Å²) in [5.74, 6) is 0.509. The summed E-state index contributed by atoms with van der Waals surface area (Å²) < 4.78 is 5.63. The third-order valence-electron chi connectivity index (χ3n) is 1.81. The van der Waals surface area contributed by atoms with Crippen LogP contribution in [0.15, 0.2) is 5.38 Å². The lowest BCUT2D eigenvalue weighted by Crippen LogP contribution is -2.19. The van der Waals surface area contributed by atoms with E-state index < -0.39 is 0 Å². The molecule has 15 heavy (non-hydrogen) atoms. The van der Waals surface area contributed by atoms with E-state index in [-0.39, 0.29) is 5.60 Å². The number of aryl methyl sites for hydroxylation is 1. The molecule has 0 unspecified atom stereocenters. The summed E-state index contributed by atoms with van der Waals surface area (Å²) in [4.78, 5) is 4.39. The van der Waals surface area contributed by atoms with E-state index in [0.29, 0.717) is 5.88 Å². The summed E-state index contributed by atoms with van der Waals surface area (Å²) in [6.45, 7) is 7.01. The predicted octanol–water partition coefficient (Wildman–Crippen LogP) is 3.63. The number of aromatic nitrogens is 1. The molecule has 1 aromatic rings. The molecule has 0 N–H and O–H groups in total. The van der Waals surface area contributed by atoms with Crippen LogP contribution in [-0.4, -0.2) is 17.2 Å². The van der Waals surface area contributed by atoms with Crippen LogP contribution in [0.25, 0.3) is 0 Å². The molecule has 86 valence electrons. The van der Waals surface area contributed by atoms with Crippen molar-refractivity contribution in [3.8, 4) is 0 Å². The molecule has 0 radical (unpaired) electrons. The molecule has 0 atom stereocenters. The Morgan fingerprint density at radius 1 is 1.47 bits per heavy atom. The zero-order valence-corrected chi connectivity index (χ0v) is 11.1. The molecule has 0 saturated carbocycles. The van der Waals surface area contributed by atoms with Gasteiger partial charge >= 0.3 is 0 Å². The van der Waals surface area contributed by atoms with Gasteiger partial charge in [0.05, 0.1) is 22.2 Å². The van der Waals surface area contributed by atoms with Gasteiger partial charge in [-0.25, -0.2) is 4.98 Å². The van der Waals surface area contributed by atoms with Crippen LogP contribution in [0.2, 0.25) is 0 Å². The molecule has 0 aliphatic rings. The van der Waals surface area contributed by atoms with Crippen molar-refractivity contribution in [3.05, 3.63) is 16.1 Å². The Bertz CT molecular complexity index is 293. The molecule has 4 heteroatoms. The average molecular weight is 248 g/mol. The minimum atomic E-state index is -0.0375. The molecule has 0 amide bonds. The van der Waals surface area contributed by atoms with E-state index in [0.717, 1.165) is 30.2 Å². The number of hydrogen-bond acceptors (Lipinski definition) is 3. The molecular formula is C11H18ClNOS. The van der Waals surface area contributed by atoms with Crippen LogP contribution in [0.5, 0.6) is 0 Å². The highest BCUT2D eigenvalue weighted by Gasteiger charge is 2.09.